The summed E-state index contributed by atoms with van der Waals surface area (Å²) < 4.78 is 11.4. The molecule has 0 saturated carbocycles. The topological polar surface area (TPSA) is 44.2 Å². The van der Waals surface area contributed by atoms with E-state index in [1.807, 2.05) is 36.7 Å². The summed E-state index contributed by atoms with van der Waals surface area (Å²) in [6.07, 6.45) is 17.2. The monoisotopic (exact) mass is 470 g/mol. The van der Waals surface area contributed by atoms with Crippen LogP contribution in [-0.4, -0.2) is 29.3 Å². The van der Waals surface area contributed by atoms with E-state index in [9.17, 15) is 0 Å². The fraction of sp³-hybridized carbons (Fsp3) is 0.355. The molecule has 0 fully saturated rings. The van der Waals surface area contributed by atoms with Gasteiger partial charge in [-0.1, -0.05) is 81.0 Å². The van der Waals surface area contributed by atoms with Crippen LogP contribution in [0.2, 0.25) is 0 Å². The van der Waals surface area contributed by atoms with Crippen LogP contribution in [0.15, 0.2) is 79.7 Å². The molecule has 0 radical (unpaired) electrons. The molecular formula is C31H38N2O2. The van der Waals surface area contributed by atoms with Crippen LogP contribution < -0.4 is 4.74 Å². The van der Waals surface area contributed by atoms with Crippen molar-refractivity contribution < 1.29 is 9.47 Å². The molecule has 1 heterocycles. The third-order valence-corrected chi connectivity index (χ3v) is 5.82. The molecule has 2 aromatic carbocycles. The molecule has 0 saturated heterocycles. The van der Waals surface area contributed by atoms with Crippen LogP contribution >= 0.6 is 0 Å². The summed E-state index contributed by atoms with van der Waals surface area (Å²) in [6.45, 7) is 9.46. The largest absolute Gasteiger partial charge is 0.490 e. The zero-order valence-electron chi connectivity index (χ0n) is 21.2. The number of aromatic nitrogens is 2. The molecule has 0 spiro atoms. The summed E-state index contributed by atoms with van der Waals surface area (Å²) in [5.41, 5.74) is 4.23. The Morgan fingerprint density at radius 1 is 0.886 bits per heavy atom. The smallest absolute Gasteiger partial charge is 0.159 e. The zero-order valence-corrected chi connectivity index (χ0v) is 21.2. The van der Waals surface area contributed by atoms with Crippen LogP contribution in [0.25, 0.3) is 28.6 Å². The first-order valence-corrected chi connectivity index (χ1v) is 12.7. The Labute approximate surface area is 210 Å². The second-order valence-corrected chi connectivity index (χ2v) is 8.76. The highest BCUT2D eigenvalue weighted by molar-refractivity contribution is 5.65. The summed E-state index contributed by atoms with van der Waals surface area (Å²) in [7, 11) is 0. The molecular weight excluding hydrogens is 432 g/mol. The molecule has 0 bridgehead atoms. The van der Waals surface area contributed by atoms with Crippen LogP contribution in [0.4, 0.5) is 0 Å². The van der Waals surface area contributed by atoms with Gasteiger partial charge in [0.1, 0.15) is 12.4 Å². The lowest BCUT2D eigenvalue weighted by Gasteiger charge is -2.11. The lowest BCUT2D eigenvalue weighted by atomic mass is 10.1. The Kier molecular flexibility index (Phi) is 11.2. The van der Waals surface area contributed by atoms with Crippen LogP contribution in [0, 0.1) is 0 Å². The number of benzene rings is 2. The fourth-order valence-corrected chi connectivity index (χ4v) is 3.73. The number of hydrogen-bond acceptors (Lipinski definition) is 4. The van der Waals surface area contributed by atoms with Gasteiger partial charge >= 0.3 is 0 Å². The van der Waals surface area contributed by atoms with E-state index in [-0.39, 0.29) is 0 Å². The minimum Gasteiger partial charge on any atom is -0.490 e. The van der Waals surface area contributed by atoms with Gasteiger partial charge in [0.2, 0.25) is 0 Å². The average Bonchev–Trinajstić information content (AvgIpc) is 2.90. The number of hydrogen-bond donors (Lipinski definition) is 0. The third-order valence-electron chi connectivity index (χ3n) is 5.82. The van der Waals surface area contributed by atoms with E-state index in [1.54, 1.807) is 6.08 Å². The Morgan fingerprint density at radius 3 is 2.29 bits per heavy atom. The molecule has 1 aromatic heterocycles. The van der Waals surface area contributed by atoms with Crippen molar-refractivity contribution in [3.8, 4) is 28.3 Å². The maximum absolute atomic E-state index is 5.87. The zero-order chi connectivity index (χ0) is 24.7. The van der Waals surface area contributed by atoms with Crippen molar-refractivity contribution in [3.63, 3.8) is 0 Å². The standard InChI is InChI=1S/C31H38N2O2/c1-4-6-10-22-34-25(3)11-8-7-9-12-26-13-15-28(16-14-26)31-32-23-29(24-33-31)27-17-19-30(20-18-27)35-21-5-2/h5,9,12-20,23-25H,2,4,6-8,10-11,21-22H2,1,3H3/b12-9+. The summed E-state index contributed by atoms with van der Waals surface area (Å²) in [6, 6.07) is 16.3. The molecule has 3 rings (SSSR count). The average molecular weight is 471 g/mol. The third kappa shape index (κ3) is 9.14. The van der Waals surface area contributed by atoms with Crippen molar-refractivity contribution in [2.24, 2.45) is 0 Å². The van der Waals surface area contributed by atoms with Gasteiger partial charge in [-0.3, -0.25) is 0 Å². The van der Waals surface area contributed by atoms with Crippen molar-refractivity contribution in [2.45, 2.75) is 58.5 Å². The van der Waals surface area contributed by atoms with Gasteiger partial charge in [-0.15, -0.1) is 0 Å². The van der Waals surface area contributed by atoms with Crippen molar-refractivity contribution in [2.75, 3.05) is 13.2 Å². The Bertz CT molecular complexity index is 1030. The minimum atomic E-state index is 0.349. The van der Waals surface area contributed by atoms with Crippen molar-refractivity contribution in [1.82, 2.24) is 9.97 Å². The van der Waals surface area contributed by atoms with Crippen molar-refractivity contribution in [3.05, 3.63) is 85.2 Å². The molecule has 0 aliphatic heterocycles. The van der Waals surface area contributed by atoms with Crippen molar-refractivity contribution >= 4 is 6.08 Å². The van der Waals surface area contributed by atoms with Crippen molar-refractivity contribution in [1.29, 1.82) is 0 Å². The Balaban J connectivity index is 1.45. The van der Waals surface area contributed by atoms with E-state index in [2.05, 4.69) is 66.8 Å². The molecule has 4 nitrogen and oxygen atoms in total. The lowest BCUT2D eigenvalue weighted by molar-refractivity contribution is 0.0566. The van der Waals surface area contributed by atoms with Crippen LogP contribution in [-0.2, 0) is 4.74 Å². The predicted molar refractivity (Wildman–Crippen MR) is 146 cm³/mol. The van der Waals surface area contributed by atoms with Gasteiger partial charge in [-0.25, -0.2) is 9.97 Å². The first kappa shape index (κ1) is 26.4. The summed E-state index contributed by atoms with van der Waals surface area (Å²) in [5, 5.41) is 0. The molecule has 0 amide bonds. The number of nitrogens with zero attached hydrogens (tertiary/aromatic N) is 2. The van der Waals surface area contributed by atoms with E-state index in [0.717, 1.165) is 54.1 Å². The van der Waals surface area contributed by atoms with Gasteiger partial charge in [0.15, 0.2) is 5.82 Å². The van der Waals surface area contributed by atoms with Crippen LogP contribution in [0.3, 0.4) is 0 Å². The molecule has 0 aliphatic rings. The van der Waals surface area contributed by atoms with E-state index in [1.165, 1.54) is 24.8 Å². The number of ether oxygens (including phenoxy) is 2. The van der Waals surface area contributed by atoms with Gasteiger partial charge in [0, 0.05) is 30.1 Å². The first-order valence-electron chi connectivity index (χ1n) is 12.7. The molecule has 184 valence electrons. The van der Waals surface area contributed by atoms with E-state index >= 15 is 0 Å². The first-order chi connectivity index (χ1) is 17.2. The fourth-order valence-electron chi connectivity index (χ4n) is 3.73. The number of allylic oxidation sites excluding steroid dienone is 1. The number of unbranched alkanes of at least 4 members (excludes halogenated alkanes) is 3. The second-order valence-electron chi connectivity index (χ2n) is 8.76. The minimum absolute atomic E-state index is 0.349. The molecule has 35 heavy (non-hydrogen) atoms. The summed E-state index contributed by atoms with van der Waals surface area (Å²) in [5.74, 6) is 1.55. The Morgan fingerprint density at radius 2 is 1.60 bits per heavy atom. The van der Waals surface area contributed by atoms with Gasteiger partial charge in [-0.2, -0.15) is 0 Å². The van der Waals surface area contributed by atoms with E-state index in [0.29, 0.717) is 12.7 Å². The highest BCUT2D eigenvalue weighted by atomic mass is 16.5. The van der Waals surface area contributed by atoms with E-state index in [4.69, 9.17) is 9.47 Å². The van der Waals surface area contributed by atoms with E-state index < -0.39 is 0 Å². The molecule has 0 N–H and O–H groups in total. The molecule has 4 heteroatoms. The SMILES string of the molecule is C=CCOc1ccc(-c2cnc(-c3ccc(/C=C/CCCC(C)OCCCCC)cc3)nc2)cc1. The second kappa shape index (κ2) is 14.9. The highest BCUT2D eigenvalue weighted by Crippen LogP contribution is 2.23. The lowest BCUT2D eigenvalue weighted by Crippen LogP contribution is -2.08. The molecule has 3 aromatic rings. The normalized spacial score (nSPS) is 12.1. The quantitative estimate of drug-likeness (QED) is 0.166. The maximum Gasteiger partial charge on any atom is 0.159 e. The van der Waals surface area contributed by atoms with Crippen LogP contribution in [0.5, 0.6) is 5.75 Å². The number of rotatable bonds is 15. The van der Waals surface area contributed by atoms with Gasteiger partial charge < -0.3 is 9.47 Å². The van der Waals surface area contributed by atoms with Gasteiger partial charge in [-0.05, 0) is 55.9 Å². The van der Waals surface area contributed by atoms with Crippen LogP contribution in [0.1, 0.15) is 57.9 Å². The predicted octanol–water partition coefficient (Wildman–Crippen LogP) is 8.15. The Hall–Kier alpha value is -3.24. The summed E-state index contributed by atoms with van der Waals surface area (Å²) >= 11 is 0. The molecule has 1 unspecified atom stereocenters. The van der Waals surface area contributed by atoms with Gasteiger partial charge in [0.05, 0.1) is 6.10 Å². The van der Waals surface area contributed by atoms with Gasteiger partial charge in [0.25, 0.3) is 0 Å². The highest BCUT2D eigenvalue weighted by Gasteiger charge is 2.04. The molecule has 1 atom stereocenters. The maximum atomic E-state index is 5.87. The molecule has 0 aliphatic carbocycles. The summed E-state index contributed by atoms with van der Waals surface area (Å²) in [4.78, 5) is 9.15.